The van der Waals surface area contributed by atoms with E-state index in [4.69, 9.17) is 0 Å². The predicted molar refractivity (Wildman–Crippen MR) is 91.5 cm³/mol. The Balaban J connectivity index is 1.98. The van der Waals surface area contributed by atoms with Gasteiger partial charge in [0, 0.05) is 19.1 Å². The minimum atomic E-state index is 0.475. The highest BCUT2D eigenvalue weighted by molar-refractivity contribution is 5.19. The first kappa shape index (κ1) is 16.5. The van der Waals surface area contributed by atoms with Gasteiger partial charge in [-0.15, -0.1) is 0 Å². The zero-order chi connectivity index (χ0) is 15.1. The molecule has 0 saturated carbocycles. The number of nitrogens with one attached hydrogen (secondary N) is 1. The highest BCUT2D eigenvalue weighted by Gasteiger charge is 2.23. The van der Waals surface area contributed by atoms with Crippen molar-refractivity contribution in [2.75, 3.05) is 26.2 Å². The van der Waals surface area contributed by atoms with Gasteiger partial charge in [-0.3, -0.25) is 0 Å². The summed E-state index contributed by atoms with van der Waals surface area (Å²) < 4.78 is 0. The maximum absolute atomic E-state index is 3.76. The fraction of sp³-hybridized carbons (Fsp3) is 0.684. The van der Waals surface area contributed by atoms with Crippen molar-refractivity contribution in [3.8, 4) is 0 Å². The van der Waals surface area contributed by atoms with Crippen LogP contribution in [0.3, 0.4) is 0 Å². The Labute approximate surface area is 130 Å². The van der Waals surface area contributed by atoms with Gasteiger partial charge in [0.15, 0.2) is 0 Å². The van der Waals surface area contributed by atoms with Crippen LogP contribution in [0.4, 0.5) is 0 Å². The molecule has 1 aliphatic heterocycles. The maximum Gasteiger partial charge on any atom is 0.0358 e. The Bertz CT molecular complexity index is 390. The van der Waals surface area contributed by atoms with Crippen LogP contribution in [-0.2, 0) is 0 Å². The normalized spacial score (nSPS) is 22.9. The lowest BCUT2D eigenvalue weighted by atomic mass is 9.92. The summed E-state index contributed by atoms with van der Waals surface area (Å²) in [6.07, 6.45) is 3.96. The first-order valence-corrected chi connectivity index (χ1v) is 8.71. The van der Waals surface area contributed by atoms with Crippen LogP contribution in [0.15, 0.2) is 30.3 Å². The van der Waals surface area contributed by atoms with Crippen LogP contribution >= 0.6 is 0 Å². The molecule has 0 spiro atoms. The average Bonchev–Trinajstić information content (AvgIpc) is 2.49. The van der Waals surface area contributed by atoms with Crippen molar-refractivity contribution in [1.29, 1.82) is 0 Å². The standard InChI is InChI=1S/C19H32N2/c1-4-12-20-19(18-10-6-5-7-11-18)17(3)15-21-13-8-9-16(2)14-21/h5-7,10-11,16-17,19-20H,4,8-9,12-15H2,1-3H3. The summed E-state index contributed by atoms with van der Waals surface area (Å²) in [5.74, 6) is 1.51. The molecule has 2 rings (SSSR count). The molecule has 2 nitrogen and oxygen atoms in total. The van der Waals surface area contributed by atoms with E-state index in [1.165, 1.54) is 44.5 Å². The molecular formula is C19H32N2. The van der Waals surface area contributed by atoms with Crippen molar-refractivity contribution in [2.24, 2.45) is 11.8 Å². The number of hydrogen-bond donors (Lipinski definition) is 1. The second-order valence-electron chi connectivity index (χ2n) is 6.83. The smallest absolute Gasteiger partial charge is 0.0358 e. The van der Waals surface area contributed by atoms with Crippen molar-refractivity contribution in [3.05, 3.63) is 35.9 Å². The Kier molecular flexibility index (Phi) is 6.72. The number of hydrogen-bond acceptors (Lipinski definition) is 2. The van der Waals surface area contributed by atoms with Crippen molar-refractivity contribution in [1.82, 2.24) is 10.2 Å². The zero-order valence-electron chi connectivity index (χ0n) is 14.0. The molecule has 118 valence electrons. The van der Waals surface area contributed by atoms with E-state index < -0.39 is 0 Å². The maximum atomic E-state index is 3.76. The van der Waals surface area contributed by atoms with Crippen LogP contribution in [0.25, 0.3) is 0 Å². The number of piperidine rings is 1. The number of rotatable bonds is 7. The van der Waals surface area contributed by atoms with Gasteiger partial charge >= 0.3 is 0 Å². The van der Waals surface area contributed by atoms with Crippen LogP contribution < -0.4 is 5.32 Å². The summed E-state index contributed by atoms with van der Waals surface area (Å²) in [6, 6.07) is 11.4. The topological polar surface area (TPSA) is 15.3 Å². The van der Waals surface area contributed by atoms with Crippen molar-refractivity contribution in [2.45, 2.75) is 46.1 Å². The van der Waals surface area contributed by atoms with E-state index in [0.717, 1.165) is 12.5 Å². The Hall–Kier alpha value is -0.860. The SMILES string of the molecule is CCCNC(c1ccccc1)C(C)CN1CCCC(C)C1. The molecule has 1 saturated heterocycles. The van der Waals surface area contributed by atoms with E-state index in [2.05, 4.69) is 61.3 Å². The van der Waals surface area contributed by atoms with Gasteiger partial charge < -0.3 is 10.2 Å². The molecule has 3 atom stereocenters. The summed E-state index contributed by atoms with van der Waals surface area (Å²) in [6.45, 7) is 11.9. The first-order valence-electron chi connectivity index (χ1n) is 8.71. The summed E-state index contributed by atoms with van der Waals surface area (Å²) in [5.41, 5.74) is 1.43. The number of nitrogens with zero attached hydrogens (tertiary/aromatic N) is 1. The third-order valence-corrected chi connectivity index (χ3v) is 4.63. The van der Waals surface area contributed by atoms with E-state index in [0.29, 0.717) is 12.0 Å². The molecule has 1 fully saturated rings. The van der Waals surface area contributed by atoms with Gasteiger partial charge in [0.25, 0.3) is 0 Å². The van der Waals surface area contributed by atoms with Gasteiger partial charge in [-0.1, -0.05) is 51.1 Å². The van der Waals surface area contributed by atoms with E-state index in [1.54, 1.807) is 0 Å². The van der Waals surface area contributed by atoms with Crippen molar-refractivity contribution in [3.63, 3.8) is 0 Å². The Morgan fingerprint density at radius 1 is 1.29 bits per heavy atom. The molecule has 0 radical (unpaired) electrons. The largest absolute Gasteiger partial charge is 0.310 e. The Morgan fingerprint density at radius 2 is 2.05 bits per heavy atom. The summed E-state index contributed by atoms with van der Waals surface area (Å²) in [4.78, 5) is 2.67. The molecule has 2 heteroatoms. The molecule has 3 unspecified atom stereocenters. The minimum Gasteiger partial charge on any atom is -0.310 e. The molecule has 1 aromatic carbocycles. The van der Waals surface area contributed by atoms with Crippen LogP contribution in [0.5, 0.6) is 0 Å². The van der Waals surface area contributed by atoms with E-state index in [9.17, 15) is 0 Å². The monoisotopic (exact) mass is 288 g/mol. The number of likely N-dealkylation sites (tertiary alicyclic amines) is 1. The molecule has 1 N–H and O–H groups in total. The van der Waals surface area contributed by atoms with Gasteiger partial charge in [-0.05, 0) is 49.8 Å². The summed E-state index contributed by atoms with van der Waals surface area (Å²) in [7, 11) is 0. The van der Waals surface area contributed by atoms with Crippen LogP contribution in [-0.4, -0.2) is 31.1 Å². The lowest BCUT2D eigenvalue weighted by Gasteiger charge is -2.35. The molecule has 0 bridgehead atoms. The van der Waals surface area contributed by atoms with E-state index in [1.807, 2.05) is 0 Å². The molecular weight excluding hydrogens is 256 g/mol. The molecule has 1 heterocycles. The second-order valence-corrected chi connectivity index (χ2v) is 6.83. The fourth-order valence-electron chi connectivity index (χ4n) is 3.57. The molecule has 1 aliphatic rings. The third-order valence-electron chi connectivity index (χ3n) is 4.63. The van der Waals surface area contributed by atoms with Gasteiger partial charge in [0.2, 0.25) is 0 Å². The quantitative estimate of drug-likeness (QED) is 0.813. The van der Waals surface area contributed by atoms with Gasteiger partial charge in [0.05, 0.1) is 0 Å². The second kappa shape index (κ2) is 8.55. The van der Waals surface area contributed by atoms with Gasteiger partial charge in [-0.25, -0.2) is 0 Å². The van der Waals surface area contributed by atoms with Crippen LogP contribution in [0.1, 0.15) is 51.6 Å². The van der Waals surface area contributed by atoms with Crippen molar-refractivity contribution >= 4 is 0 Å². The fourth-order valence-corrected chi connectivity index (χ4v) is 3.57. The third kappa shape index (κ3) is 5.12. The van der Waals surface area contributed by atoms with Crippen LogP contribution in [0.2, 0.25) is 0 Å². The summed E-state index contributed by atoms with van der Waals surface area (Å²) >= 11 is 0. The zero-order valence-corrected chi connectivity index (χ0v) is 14.0. The first-order chi connectivity index (χ1) is 10.2. The minimum absolute atomic E-state index is 0.475. The lowest BCUT2D eigenvalue weighted by molar-refractivity contribution is 0.149. The molecule has 21 heavy (non-hydrogen) atoms. The summed E-state index contributed by atoms with van der Waals surface area (Å²) in [5, 5.41) is 3.76. The molecule has 0 aromatic heterocycles. The van der Waals surface area contributed by atoms with Gasteiger partial charge in [-0.2, -0.15) is 0 Å². The average molecular weight is 288 g/mol. The highest BCUT2D eigenvalue weighted by Crippen LogP contribution is 2.25. The highest BCUT2D eigenvalue weighted by atomic mass is 15.1. The van der Waals surface area contributed by atoms with Gasteiger partial charge in [0.1, 0.15) is 0 Å². The van der Waals surface area contributed by atoms with E-state index in [-0.39, 0.29) is 0 Å². The Morgan fingerprint density at radius 3 is 2.71 bits per heavy atom. The molecule has 0 aliphatic carbocycles. The molecule has 0 amide bonds. The van der Waals surface area contributed by atoms with E-state index >= 15 is 0 Å². The van der Waals surface area contributed by atoms with Crippen molar-refractivity contribution < 1.29 is 0 Å². The predicted octanol–water partition coefficient (Wildman–Crippen LogP) is 4.10. The van der Waals surface area contributed by atoms with Crippen LogP contribution in [0, 0.1) is 11.8 Å². The number of benzene rings is 1. The molecule has 1 aromatic rings. The lowest BCUT2D eigenvalue weighted by Crippen LogP contribution is -2.40.